The van der Waals surface area contributed by atoms with E-state index in [1.54, 1.807) is 12.1 Å². The summed E-state index contributed by atoms with van der Waals surface area (Å²) >= 11 is 0. The molecule has 0 aliphatic carbocycles. The fourth-order valence-electron chi connectivity index (χ4n) is 2.37. The van der Waals surface area contributed by atoms with E-state index in [4.69, 9.17) is 5.11 Å². The summed E-state index contributed by atoms with van der Waals surface area (Å²) in [5.41, 5.74) is 0.551. The van der Waals surface area contributed by atoms with Crippen molar-refractivity contribution in [2.24, 2.45) is 0 Å². The summed E-state index contributed by atoms with van der Waals surface area (Å²) in [6.45, 7) is 0.167. The first-order chi connectivity index (χ1) is 10.8. The molecule has 1 aromatic heterocycles. The van der Waals surface area contributed by atoms with Crippen LogP contribution in [0.1, 0.15) is 21.5 Å². The van der Waals surface area contributed by atoms with Gasteiger partial charge >= 0.3 is 12.1 Å². The minimum Gasteiger partial charge on any atom is -0.478 e. The lowest BCUT2D eigenvalue weighted by Crippen LogP contribution is -2.07. The van der Waals surface area contributed by atoms with Gasteiger partial charge in [-0.15, -0.1) is 0 Å². The Morgan fingerprint density at radius 1 is 1.17 bits per heavy atom. The molecule has 1 heterocycles. The summed E-state index contributed by atoms with van der Waals surface area (Å²) in [6, 6.07) is 9.56. The number of nitrogens with zero attached hydrogens (tertiary/aromatic N) is 2. The van der Waals surface area contributed by atoms with Crippen molar-refractivity contribution < 1.29 is 23.1 Å². The van der Waals surface area contributed by atoms with Crippen molar-refractivity contribution in [2.45, 2.75) is 12.7 Å². The van der Waals surface area contributed by atoms with Gasteiger partial charge in [-0.25, -0.2) is 4.79 Å². The minimum absolute atomic E-state index is 0.135. The highest BCUT2D eigenvalue weighted by molar-refractivity contribution is 5.93. The maximum absolute atomic E-state index is 12.7. The molecule has 0 radical (unpaired) electrons. The molecule has 0 aliphatic heterocycles. The van der Waals surface area contributed by atoms with Gasteiger partial charge in [0.05, 0.1) is 29.4 Å². The highest BCUT2D eigenvalue weighted by Gasteiger charge is 2.30. The summed E-state index contributed by atoms with van der Waals surface area (Å²) in [6.07, 6.45) is -2.89. The molecule has 0 amide bonds. The smallest absolute Gasteiger partial charge is 0.416 e. The van der Waals surface area contributed by atoms with E-state index in [0.717, 1.165) is 12.1 Å². The Hall–Kier alpha value is -2.83. The Labute approximate surface area is 128 Å². The SMILES string of the molecule is O=C(O)c1ccc2c(cnn2Cc2cccc(C(F)(F)F)c2)c1. The van der Waals surface area contributed by atoms with Crippen molar-refractivity contribution in [3.8, 4) is 0 Å². The van der Waals surface area contributed by atoms with Crippen LogP contribution >= 0.6 is 0 Å². The summed E-state index contributed by atoms with van der Waals surface area (Å²) in [4.78, 5) is 10.9. The van der Waals surface area contributed by atoms with Crippen LogP contribution in [0.15, 0.2) is 48.7 Å². The predicted octanol–water partition coefficient (Wildman–Crippen LogP) is 3.80. The van der Waals surface area contributed by atoms with E-state index in [0.29, 0.717) is 16.5 Å². The second kappa shape index (κ2) is 5.42. The van der Waals surface area contributed by atoms with Crippen LogP contribution in [0.3, 0.4) is 0 Å². The van der Waals surface area contributed by atoms with E-state index >= 15 is 0 Å². The minimum atomic E-state index is -4.39. The molecule has 3 rings (SSSR count). The van der Waals surface area contributed by atoms with E-state index < -0.39 is 17.7 Å². The molecule has 0 saturated carbocycles. The van der Waals surface area contributed by atoms with Gasteiger partial charge in [0.25, 0.3) is 0 Å². The van der Waals surface area contributed by atoms with Crippen molar-refractivity contribution in [1.29, 1.82) is 0 Å². The molecule has 2 aromatic carbocycles. The fraction of sp³-hybridized carbons (Fsp3) is 0.125. The lowest BCUT2D eigenvalue weighted by atomic mass is 10.1. The van der Waals surface area contributed by atoms with E-state index in [9.17, 15) is 18.0 Å². The molecular formula is C16H11F3N2O2. The van der Waals surface area contributed by atoms with E-state index in [1.165, 1.54) is 29.1 Å². The van der Waals surface area contributed by atoms with Crippen molar-refractivity contribution in [1.82, 2.24) is 9.78 Å². The summed E-state index contributed by atoms with van der Waals surface area (Å²) < 4.78 is 39.8. The topological polar surface area (TPSA) is 55.1 Å². The van der Waals surface area contributed by atoms with E-state index in [2.05, 4.69) is 5.10 Å². The van der Waals surface area contributed by atoms with Gasteiger partial charge in [0, 0.05) is 5.39 Å². The molecule has 0 unspecified atom stereocenters. The first-order valence-corrected chi connectivity index (χ1v) is 6.69. The Morgan fingerprint density at radius 2 is 1.96 bits per heavy atom. The highest BCUT2D eigenvalue weighted by atomic mass is 19.4. The molecule has 0 saturated heterocycles. The van der Waals surface area contributed by atoms with Gasteiger partial charge < -0.3 is 5.11 Å². The molecule has 0 aliphatic rings. The number of hydrogen-bond acceptors (Lipinski definition) is 2. The van der Waals surface area contributed by atoms with Crippen LogP contribution in [-0.2, 0) is 12.7 Å². The zero-order valence-corrected chi connectivity index (χ0v) is 11.7. The zero-order chi connectivity index (χ0) is 16.6. The second-order valence-corrected chi connectivity index (χ2v) is 5.08. The van der Waals surface area contributed by atoms with Crippen LogP contribution in [0.25, 0.3) is 10.9 Å². The molecule has 7 heteroatoms. The van der Waals surface area contributed by atoms with Crippen LogP contribution in [0, 0.1) is 0 Å². The Bertz CT molecular complexity index is 884. The molecule has 0 spiro atoms. The van der Waals surface area contributed by atoms with Crippen molar-refractivity contribution >= 4 is 16.9 Å². The largest absolute Gasteiger partial charge is 0.478 e. The lowest BCUT2D eigenvalue weighted by Gasteiger charge is -2.09. The normalized spacial score (nSPS) is 11.8. The molecule has 0 bridgehead atoms. The molecule has 23 heavy (non-hydrogen) atoms. The van der Waals surface area contributed by atoms with Crippen LogP contribution in [0.5, 0.6) is 0 Å². The number of hydrogen-bond donors (Lipinski definition) is 1. The molecule has 0 fully saturated rings. The molecule has 3 aromatic rings. The molecule has 1 N–H and O–H groups in total. The monoisotopic (exact) mass is 320 g/mol. The number of carbonyl (C=O) groups is 1. The average Bonchev–Trinajstić information content (AvgIpc) is 2.89. The van der Waals surface area contributed by atoms with Crippen LogP contribution in [0.4, 0.5) is 13.2 Å². The van der Waals surface area contributed by atoms with Gasteiger partial charge in [-0.3, -0.25) is 4.68 Å². The third-order valence-corrected chi connectivity index (χ3v) is 3.48. The number of benzene rings is 2. The first-order valence-electron chi connectivity index (χ1n) is 6.69. The van der Waals surface area contributed by atoms with Gasteiger partial charge in [-0.2, -0.15) is 18.3 Å². The number of rotatable bonds is 3. The first kappa shape index (κ1) is 15.1. The number of fused-ring (bicyclic) bond motifs is 1. The van der Waals surface area contributed by atoms with Gasteiger partial charge in [-0.1, -0.05) is 12.1 Å². The maximum Gasteiger partial charge on any atom is 0.416 e. The van der Waals surface area contributed by atoms with Crippen molar-refractivity contribution in [3.05, 3.63) is 65.4 Å². The van der Waals surface area contributed by atoms with Gasteiger partial charge in [0.15, 0.2) is 0 Å². The lowest BCUT2D eigenvalue weighted by molar-refractivity contribution is -0.137. The summed E-state index contributed by atoms with van der Waals surface area (Å²) in [5.74, 6) is -1.04. The average molecular weight is 320 g/mol. The number of aromatic nitrogens is 2. The maximum atomic E-state index is 12.7. The number of alkyl halides is 3. The van der Waals surface area contributed by atoms with Crippen molar-refractivity contribution in [3.63, 3.8) is 0 Å². The van der Waals surface area contributed by atoms with Crippen LogP contribution in [-0.4, -0.2) is 20.9 Å². The fourth-order valence-corrected chi connectivity index (χ4v) is 2.37. The molecule has 118 valence electrons. The zero-order valence-electron chi connectivity index (χ0n) is 11.7. The number of carboxylic acids is 1. The quantitative estimate of drug-likeness (QED) is 0.798. The Kier molecular flexibility index (Phi) is 3.55. The Morgan fingerprint density at radius 3 is 2.65 bits per heavy atom. The van der Waals surface area contributed by atoms with Gasteiger partial charge in [-0.05, 0) is 35.9 Å². The Balaban J connectivity index is 1.95. The number of aromatic carboxylic acids is 1. The van der Waals surface area contributed by atoms with Gasteiger partial charge in [0.1, 0.15) is 0 Å². The predicted molar refractivity (Wildman–Crippen MR) is 77.2 cm³/mol. The summed E-state index contributed by atoms with van der Waals surface area (Å²) in [5, 5.41) is 13.7. The van der Waals surface area contributed by atoms with E-state index in [-0.39, 0.29) is 12.1 Å². The van der Waals surface area contributed by atoms with E-state index in [1.807, 2.05) is 0 Å². The molecule has 0 atom stereocenters. The number of carboxylic acid groups (broad SMARTS) is 1. The summed E-state index contributed by atoms with van der Waals surface area (Å²) in [7, 11) is 0. The van der Waals surface area contributed by atoms with Gasteiger partial charge in [0.2, 0.25) is 0 Å². The molecular weight excluding hydrogens is 309 g/mol. The van der Waals surface area contributed by atoms with Crippen LogP contribution < -0.4 is 0 Å². The molecule has 4 nitrogen and oxygen atoms in total. The highest BCUT2D eigenvalue weighted by Crippen LogP contribution is 2.29. The number of halogens is 3. The van der Waals surface area contributed by atoms with Crippen molar-refractivity contribution in [2.75, 3.05) is 0 Å². The second-order valence-electron chi connectivity index (χ2n) is 5.08. The third kappa shape index (κ3) is 3.03. The van der Waals surface area contributed by atoms with Crippen LogP contribution in [0.2, 0.25) is 0 Å². The standard InChI is InChI=1S/C16H11F3N2O2/c17-16(18,19)13-3-1-2-10(6-13)9-21-14-5-4-11(15(22)23)7-12(14)8-20-21/h1-8H,9H2,(H,22,23). The third-order valence-electron chi connectivity index (χ3n) is 3.48.